The number of nitrogens with zero attached hydrogens (tertiary/aromatic N) is 2. The monoisotopic (exact) mass is 324 g/mol. The number of nitriles is 1. The molecule has 0 aromatic carbocycles. The molecule has 3 rings (SSSR count). The van der Waals surface area contributed by atoms with Gasteiger partial charge in [0.15, 0.2) is 0 Å². The summed E-state index contributed by atoms with van der Waals surface area (Å²) in [6.07, 6.45) is 1.84. The lowest BCUT2D eigenvalue weighted by Crippen LogP contribution is -2.31. The van der Waals surface area contributed by atoms with Crippen LogP contribution in [0.2, 0.25) is 0 Å². The quantitative estimate of drug-likeness (QED) is 0.849. The first-order valence-electron chi connectivity index (χ1n) is 6.15. The second-order valence-electron chi connectivity index (χ2n) is 4.59. The Hall–Kier alpha value is -1.20. The minimum absolute atomic E-state index is 0.106. The van der Waals surface area contributed by atoms with E-state index in [2.05, 4.69) is 0 Å². The maximum Gasteiger partial charge on any atom is 0.253 e. The number of hydrogen-bond acceptors (Lipinski definition) is 5. The van der Waals surface area contributed by atoms with Crippen LogP contribution >= 0.6 is 22.7 Å². The van der Waals surface area contributed by atoms with Crippen molar-refractivity contribution in [1.29, 1.82) is 5.26 Å². The van der Waals surface area contributed by atoms with Gasteiger partial charge in [-0.1, -0.05) is 6.07 Å². The molecule has 4 nitrogen and oxygen atoms in total. The lowest BCUT2D eigenvalue weighted by Gasteiger charge is -2.20. The minimum atomic E-state index is -3.50. The maximum absolute atomic E-state index is 12.7. The molecule has 0 bridgehead atoms. The average Bonchev–Trinajstić information content (AvgIpc) is 2.96. The van der Waals surface area contributed by atoms with E-state index in [-0.39, 0.29) is 10.3 Å². The zero-order valence-electron chi connectivity index (χ0n) is 10.5. The Bertz CT molecular complexity index is 737. The van der Waals surface area contributed by atoms with Crippen molar-refractivity contribution in [1.82, 2.24) is 4.31 Å². The third kappa shape index (κ3) is 2.65. The summed E-state index contributed by atoms with van der Waals surface area (Å²) in [5.74, 6) is 0. The van der Waals surface area contributed by atoms with Crippen molar-refractivity contribution in [3.8, 4) is 6.07 Å². The van der Waals surface area contributed by atoms with Crippen LogP contribution < -0.4 is 0 Å². The van der Waals surface area contributed by atoms with Gasteiger partial charge in [-0.15, -0.1) is 22.7 Å². The first kappa shape index (κ1) is 13.8. The van der Waals surface area contributed by atoms with Crippen molar-refractivity contribution in [2.75, 3.05) is 0 Å². The van der Waals surface area contributed by atoms with Gasteiger partial charge in [-0.3, -0.25) is 0 Å². The van der Waals surface area contributed by atoms with Crippen LogP contribution in [0.5, 0.6) is 0 Å². The number of thiophene rings is 2. The highest BCUT2D eigenvalue weighted by molar-refractivity contribution is 7.91. The predicted octanol–water partition coefficient (Wildman–Crippen LogP) is 3.03. The van der Waals surface area contributed by atoms with Crippen LogP contribution in [-0.2, 0) is 16.6 Å². The molecule has 1 aliphatic rings. The zero-order chi connectivity index (χ0) is 14.2. The van der Waals surface area contributed by atoms with Gasteiger partial charge >= 0.3 is 0 Å². The summed E-state index contributed by atoms with van der Waals surface area (Å²) >= 11 is 2.60. The van der Waals surface area contributed by atoms with Gasteiger partial charge in [-0.25, -0.2) is 8.42 Å². The van der Waals surface area contributed by atoms with Crippen LogP contribution in [-0.4, -0.2) is 18.8 Å². The highest BCUT2D eigenvalue weighted by Crippen LogP contribution is 2.35. The number of hydrogen-bond donors (Lipinski definition) is 0. The Balaban J connectivity index is 1.92. The van der Waals surface area contributed by atoms with Crippen LogP contribution in [0.4, 0.5) is 0 Å². The zero-order valence-corrected chi connectivity index (χ0v) is 13.0. The SMILES string of the molecule is N#Cc1ccc(S(=O)(=O)N(Cc2cccs2)C2CC2)s1. The lowest BCUT2D eigenvalue weighted by molar-refractivity contribution is 0.403. The molecule has 2 aromatic rings. The molecule has 0 radical (unpaired) electrons. The van der Waals surface area contributed by atoms with E-state index < -0.39 is 10.0 Å². The third-order valence-electron chi connectivity index (χ3n) is 3.10. The summed E-state index contributed by atoms with van der Waals surface area (Å²) < 4.78 is 27.2. The van der Waals surface area contributed by atoms with Crippen molar-refractivity contribution in [3.63, 3.8) is 0 Å². The minimum Gasteiger partial charge on any atom is -0.206 e. The summed E-state index contributed by atoms with van der Waals surface area (Å²) in [7, 11) is -3.50. The van der Waals surface area contributed by atoms with Crippen LogP contribution in [0.25, 0.3) is 0 Å². The smallest absolute Gasteiger partial charge is 0.206 e. The van der Waals surface area contributed by atoms with E-state index in [0.717, 1.165) is 29.1 Å². The third-order valence-corrected chi connectivity index (χ3v) is 7.32. The summed E-state index contributed by atoms with van der Waals surface area (Å²) in [6, 6.07) is 9.06. The van der Waals surface area contributed by atoms with E-state index in [9.17, 15) is 8.42 Å². The van der Waals surface area contributed by atoms with Gasteiger partial charge in [0.1, 0.15) is 15.2 Å². The average molecular weight is 324 g/mol. The Morgan fingerprint density at radius 1 is 1.35 bits per heavy atom. The topological polar surface area (TPSA) is 61.2 Å². The standard InChI is InChI=1S/C13H12N2O2S3/c14-8-11-5-6-13(19-11)20(16,17)15(10-3-4-10)9-12-2-1-7-18-12/h1-2,5-7,10H,3-4,9H2. The lowest BCUT2D eigenvalue weighted by atomic mass is 10.4. The molecule has 1 saturated carbocycles. The van der Waals surface area contributed by atoms with Gasteiger partial charge in [0, 0.05) is 17.5 Å². The van der Waals surface area contributed by atoms with Crippen molar-refractivity contribution >= 4 is 32.7 Å². The molecule has 104 valence electrons. The van der Waals surface area contributed by atoms with E-state index in [0.29, 0.717) is 11.4 Å². The molecule has 0 unspecified atom stereocenters. The number of sulfonamides is 1. The fourth-order valence-corrected chi connectivity index (χ4v) is 5.64. The first-order valence-corrected chi connectivity index (χ1v) is 9.29. The summed E-state index contributed by atoms with van der Waals surface area (Å²) in [5, 5.41) is 10.8. The molecule has 0 atom stereocenters. The van der Waals surface area contributed by atoms with Gasteiger partial charge in [0.25, 0.3) is 10.0 Å². The molecule has 2 heterocycles. The predicted molar refractivity (Wildman–Crippen MR) is 79.1 cm³/mol. The Morgan fingerprint density at radius 3 is 2.70 bits per heavy atom. The maximum atomic E-state index is 12.7. The highest BCUT2D eigenvalue weighted by Gasteiger charge is 2.38. The van der Waals surface area contributed by atoms with Crippen molar-refractivity contribution < 1.29 is 8.42 Å². The molecule has 0 aliphatic heterocycles. The van der Waals surface area contributed by atoms with E-state index >= 15 is 0 Å². The fourth-order valence-electron chi connectivity index (χ4n) is 1.96. The van der Waals surface area contributed by atoms with E-state index in [1.807, 2.05) is 23.6 Å². The molecule has 20 heavy (non-hydrogen) atoms. The van der Waals surface area contributed by atoms with Crippen LogP contribution in [0.15, 0.2) is 33.9 Å². The van der Waals surface area contributed by atoms with Crippen molar-refractivity contribution in [2.45, 2.75) is 29.6 Å². The van der Waals surface area contributed by atoms with E-state index in [4.69, 9.17) is 5.26 Å². The van der Waals surface area contributed by atoms with Crippen LogP contribution in [0.1, 0.15) is 22.6 Å². The summed E-state index contributed by atoms with van der Waals surface area (Å²) in [5.41, 5.74) is 0. The van der Waals surface area contributed by atoms with E-state index in [1.165, 1.54) is 6.07 Å². The van der Waals surface area contributed by atoms with E-state index in [1.54, 1.807) is 21.7 Å². The molecule has 0 spiro atoms. The molecule has 0 amide bonds. The van der Waals surface area contributed by atoms with Crippen molar-refractivity contribution in [2.24, 2.45) is 0 Å². The summed E-state index contributed by atoms with van der Waals surface area (Å²) in [4.78, 5) is 1.47. The van der Waals surface area contributed by atoms with Gasteiger partial charge in [0.2, 0.25) is 0 Å². The second kappa shape index (κ2) is 5.30. The largest absolute Gasteiger partial charge is 0.253 e. The molecule has 1 aliphatic carbocycles. The van der Waals surface area contributed by atoms with Gasteiger partial charge in [-0.05, 0) is 36.4 Å². The molecule has 1 fully saturated rings. The first-order chi connectivity index (χ1) is 9.61. The summed E-state index contributed by atoms with van der Waals surface area (Å²) in [6.45, 7) is 0.421. The molecule has 0 N–H and O–H groups in total. The molecular formula is C13H12N2O2S3. The Kier molecular flexibility index (Phi) is 3.65. The Labute approximate surface area is 126 Å². The fraction of sp³-hybridized carbons (Fsp3) is 0.308. The Morgan fingerprint density at radius 2 is 2.15 bits per heavy atom. The number of rotatable bonds is 5. The molecule has 2 aromatic heterocycles. The highest BCUT2D eigenvalue weighted by atomic mass is 32.2. The van der Waals surface area contributed by atoms with Crippen molar-refractivity contribution in [3.05, 3.63) is 39.4 Å². The molecule has 7 heteroatoms. The van der Waals surface area contributed by atoms with Crippen LogP contribution in [0.3, 0.4) is 0 Å². The van der Waals surface area contributed by atoms with Crippen LogP contribution in [0, 0.1) is 11.3 Å². The van der Waals surface area contributed by atoms with Gasteiger partial charge < -0.3 is 0 Å². The molecule has 0 saturated heterocycles. The second-order valence-corrected chi connectivity index (χ2v) is 8.82. The van der Waals surface area contributed by atoms with Gasteiger partial charge in [-0.2, -0.15) is 9.57 Å². The normalized spacial score (nSPS) is 15.4. The van der Waals surface area contributed by atoms with Gasteiger partial charge in [0.05, 0.1) is 0 Å². The molecular weight excluding hydrogens is 312 g/mol.